The summed E-state index contributed by atoms with van der Waals surface area (Å²) in [4.78, 5) is 19.4. The van der Waals surface area contributed by atoms with Crippen LogP contribution in [0.5, 0.6) is 0 Å². The van der Waals surface area contributed by atoms with Gasteiger partial charge in [0.05, 0.1) is 15.8 Å². The van der Waals surface area contributed by atoms with Gasteiger partial charge >= 0.3 is 0 Å². The number of rotatable bonds is 4. The normalized spacial score (nSPS) is 10.3. The van der Waals surface area contributed by atoms with Crippen LogP contribution in [0.2, 0.25) is 10.0 Å². The van der Waals surface area contributed by atoms with E-state index in [0.717, 1.165) is 0 Å². The predicted octanol–water partition coefficient (Wildman–Crippen LogP) is 2.24. The van der Waals surface area contributed by atoms with Crippen LogP contribution in [0.15, 0.2) is 23.7 Å². The van der Waals surface area contributed by atoms with Crippen LogP contribution >= 0.6 is 35.0 Å². The fourth-order valence-corrected chi connectivity index (χ4v) is 2.08. The number of halogens is 2. The molecule has 0 atom stereocenters. The van der Waals surface area contributed by atoms with E-state index < -0.39 is 0 Å². The molecule has 0 spiro atoms. The lowest BCUT2D eigenvalue weighted by atomic mass is 10.4. The van der Waals surface area contributed by atoms with Crippen LogP contribution in [-0.4, -0.2) is 31.8 Å². The fraction of sp³-hybridized carbons (Fsp3) is 0.111. The van der Waals surface area contributed by atoms with E-state index in [2.05, 4.69) is 25.5 Å². The van der Waals surface area contributed by atoms with Crippen LogP contribution in [0, 0.1) is 0 Å². The minimum absolute atomic E-state index is 0.176. The van der Waals surface area contributed by atoms with Gasteiger partial charge in [-0.15, -0.1) is 0 Å². The van der Waals surface area contributed by atoms with Crippen LogP contribution in [-0.2, 0) is 4.79 Å². The molecule has 18 heavy (non-hydrogen) atoms. The molecule has 6 nitrogen and oxygen atoms in total. The van der Waals surface area contributed by atoms with Gasteiger partial charge in [0.15, 0.2) is 11.0 Å². The number of H-pyrrole nitrogens is 1. The van der Waals surface area contributed by atoms with Crippen LogP contribution in [0.4, 0.5) is 5.82 Å². The second-order valence-corrected chi connectivity index (χ2v) is 4.92. The van der Waals surface area contributed by atoms with E-state index in [1.54, 1.807) is 0 Å². The minimum Gasteiger partial charge on any atom is -0.309 e. The molecule has 0 saturated carbocycles. The molecule has 2 heterocycles. The maximum atomic E-state index is 11.6. The third-order valence-electron chi connectivity index (χ3n) is 1.80. The zero-order valence-corrected chi connectivity index (χ0v) is 11.2. The molecule has 94 valence electrons. The van der Waals surface area contributed by atoms with E-state index in [-0.39, 0.29) is 17.5 Å². The molecule has 2 N–H and O–H groups in total. The summed E-state index contributed by atoms with van der Waals surface area (Å²) in [5, 5.41) is 10.2. The van der Waals surface area contributed by atoms with Crippen LogP contribution < -0.4 is 5.32 Å². The lowest BCUT2D eigenvalue weighted by molar-refractivity contribution is -0.113. The van der Waals surface area contributed by atoms with E-state index in [4.69, 9.17) is 23.2 Å². The molecule has 0 radical (unpaired) electrons. The Morgan fingerprint density at radius 1 is 1.44 bits per heavy atom. The van der Waals surface area contributed by atoms with Gasteiger partial charge in [-0.3, -0.25) is 9.89 Å². The van der Waals surface area contributed by atoms with Crippen molar-refractivity contribution in [2.45, 2.75) is 5.16 Å². The first-order valence-electron chi connectivity index (χ1n) is 4.74. The molecule has 9 heteroatoms. The molecular formula is C9H7Cl2N5OS. The summed E-state index contributed by atoms with van der Waals surface area (Å²) >= 11 is 12.8. The van der Waals surface area contributed by atoms with Crippen molar-refractivity contribution in [3.63, 3.8) is 0 Å². The van der Waals surface area contributed by atoms with Gasteiger partial charge in [0.1, 0.15) is 6.33 Å². The van der Waals surface area contributed by atoms with Crippen molar-refractivity contribution in [1.29, 1.82) is 0 Å². The van der Waals surface area contributed by atoms with E-state index in [1.165, 1.54) is 30.4 Å². The number of anilines is 1. The summed E-state index contributed by atoms with van der Waals surface area (Å²) in [6, 6.07) is 1.51. The summed E-state index contributed by atoms with van der Waals surface area (Å²) in [5.74, 6) is 0.216. The Bertz CT molecular complexity index is 548. The zero-order valence-electron chi connectivity index (χ0n) is 8.85. The average molecular weight is 304 g/mol. The number of nitrogens with zero attached hydrogens (tertiary/aromatic N) is 3. The number of hydrogen-bond acceptors (Lipinski definition) is 5. The van der Waals surface area contributed by atoms with Crippen molar-refractivity contribution >= 4 is 46.7 Å². The quantitative estimate of drug-likeness (QED) is 0.846. The van der Waals surface area contributed by atoms with Gasteiger partial charge in [-0.2, -0.15) is 5.10 Å². The Hall–Kier alpha value is -1.31. The number of hydrogen-bond donors (Lipinski definition) is 2. The van der Waals surface area contributed by atoms with Gasteiger partial charge in [-0.1, -0.05) is 35.0 Å². The number of thioether (sulfide) groups is 1. The number of carbonyl (C=O) groups excluding carboxylic acids is 1. The van der Waals surface area contributed by atoms with E-state index in [1.807, 2.05) is 0 Å². The van der Waals surface area contributed by atoms with Crippen molar-refractivity contribution in [1.82, 2.24) is 20.2 Å². The minimum atomic E-state index is -0.242. The first kappa shape index (κ1) is 13.1. The Labute approximate surface area is 116 Å². The molecule has 0 aliphatic carbocycles. The third kappa shape index (κ3) is 3.59. The summed E-state index contributed by atoms with van der Waals surface area (Å²) in [6.45, 7) is 0. The van der Waals surface area contributed by atoms with Crippen molar-refractivity contribution in [3.05, 3.63) is 28.6 Å². The maximum Gasteiger partial charge on any atom is 0.236 e. The smallest absolute Gasteiger partial charge is 0.236 e. The van der Waals surface area contributed by atoms with Crippen LogP contribution in [0.3, 0.4) is 0 Å². The predicted molar refractivity (Wildman–Crippen MR) is 70.0 cm³/mol. The fourth-order valence-electron chi connectivity index (χ4n) is 1.07. The van der Waals surface area contributed by atoms with Gasteiger partial charge in [-0.05, 0) is 6.07 Å². The van der Waals surface area contributed by atoms with E-state index in [0.29, 0.717) is 15.2 Å². The highest BCUT2D eigenvalue weighted by atomic mass is 35.5. The highest BCUT2D eigenvalue weighted by Gasteiger charge is 2.09. The number of aromatic amines is 1. The molecule has 2 aromatic rings. The number of nitrogens with one attached hydrogen (secondary N) is 2. The molecule has 0 aliphatic heterocycles. The van der Waals surface area contributed by atoms with Crippen molar-refractivity contribution in [2.75, 3.05) is 11.1 Å². The monoisotopic (exact) mass is 303 g/mol. The summed E-state index contributed by atoms with van der Waals surface area (Å²) in [7, 11) is 0. The largest absolute Gasteiger partial charge is 0.309 e. The van der Waals surface area contributed by atoms with Gasteiger partial charge in [-0.25, -0.2) is 9.97 Å². The third-order valence-corrected chi connectivity index (χ3v) is 3.17. The highest BCUT2D eigenvalue weighted by molar-refractivity contribution is 7.99. The summed E-state index contributed by atoms with van der Waals surface area (Å²) in [5.41, 5.74) is 0. The van der Waals surface area contributed by atoms with Crippen LogP contribution in [0.25, 0.3) is 0 Å². The average Bonchev–Trinajstić information content (AvgIpc) is 2.83. The molecule has 1 amide bonds. The molecule has 0 bridgehead atoms. The van der Waals surface area contributed by atoms with Gasteiger partial charge in [0.2, 0.25) is 5.91 Å². The van der Waals surface area contributed by atoms with E-state index in [9.17, 15) is 4.79 Å². The second kappa shape index (κ2) is 6.03. The number of pyridine rings is 1. The van der Waals surface area contributed by atoms with Gasteiger partial charge in [0.25, 0.3) is 0 Å². The Morgan fingerprint density at radius 3 is 2.94 bits per heavy atom. The Morgan fingerprint density at radius 2 is 2.28 bits per heavy atom. The second-order valence-electron chi connectivity index (χ2n) is 3.11. The van der Waals surface area contributed by atoms with Gasteiger partial charge < -0.3 is 5.32 Å². The highest BCUT2D eigenvalue weighted by Crippen LogP contribution is 2.22. The summed E-state index contributed by atoms with van der Waals surface area (Å²) in [6.07, 6.45) is 2.78. The molecule has 0 saturated heterocycles. The molecule has 0 fully saturated rings. The number of amides is 1. The zero-order chi connectivity index (χ0) is 13.0. The Kier molecular flexibility index (Phi) is 4.40. The Balaban J connectivity index is 1.91. The molecule has 0 aliphatic rings. The first-order chi connectivity index (χ1) is 8.65. The maximum absolute atomic E-state index is 11.6. The van der Waals surface area contributed by atoms with E-state index >= 15 is 0 Å². The lowest BCUT2D eigenvalue weighted by Crippen LogP contribution is -2.15. The molecule has 0 aromatic carbocycles. The first-order valence-corrected chi connectivity index (χ1v) is 6.48. The topological polar surface area (TPSA) is 83.6 Å². The number of carbonyl (C=O) groups is 1. The molecule has 2 aromatic heterocycles. The SMILES string of the molecule is O=C(CSc1ncn[nH]1)Nc1ncc(Cl)cc1Cl. The molecule has 0 unspecified atom stereocenters. The molecular weight excluding hydrogens is 297 g/mol. The molecule has 2 rings (SSSR count). The van der Waals surface area contributed by atoms with Crippen molar-refractivity contribution in [3.8, 4) is 0 Å². The van der Waals surface area contributed by atoms with Gasteiger partial charge in [0, 0.05) is 6.20 Å². The van der Waals surface area contributed by atoms with Crippen LogP contribution in [0.1, 0.15) is 0 Å². The summed E-state index contributed by atoms with van der Waals surface area (Å²) < 4.78 is 0. The number of aromatic nitrogens is 4. The van der Waals surface area contributed by atoms with Crippen molar-refractivity contribution < 1.29 is 4.79 Å². The lowest BCUT2D eigenvalue weighted by Gasteiger charge is -2.05. The van der Waals surface area contributed by atoms with Crippen molar-refractivity contribution in [2.24, 2.45) is 0 Å². The standard InChI is InChI=1S/C9H7Cl2N5OS/c10-5-1-6(11)8(12-2-5)15-7(17)3-18-9-13-4-14-16-9/h1-2,4H,3H2,(H,12,15,17)(H,13,14,16).